The third-order valence-corrected chi connectivity index (χ3v) is 7.26. The van der Waals surface area contributed by atoms with Crippen LogP contribution in [0.1, 0.15) is 63.2 Å². The lowest BCUT2D eigenvalue weighted by Gasteiger charge is -2.48. The van der Waals surface area contributed by atoms with Gasteiger partial charge in [0.25, 0.3) is 5.91 Å². The Hall–Kier alpha value is -2.90. The number of piperidine rings is 1. The maximum Gasteiger partial charge on any atom is 0.257 e. The van der Waals surface area contributed by atoms with E-state index in [1.54, 1.807) is 21.9 Å². The Bertz CT molecular complexity index is 961. The quantitative estimate of drug-likeness (QED) is 0.715. The average molecular weight is 455 g/mol. The van der Waals surface area contributed by atoms with Crippen LogP contribution in [0.2, 0.25) is 0 Å². The molecule has 1 aromatic rings. The van der Waals surface area contributed by atoms with Crippen molar-refractivity contribution in [3.05, 3.63) is 29.8 Å². The molecule has 0 spiro atoms. The Balaban J connectivity index is 1.41. The molecule has 2 fully saturated rings. The van der Waals surface area contributed by atoms with Crippen LogP contribution in [0.3, 0.4) is 0 Å². The van der Waals surface area contributed by atoms with E-state index in [2.05, 4.69) is 5.32 Å². The van der Waals surface area contributed by atoms with Crippen LogP contribution in [0, 0.1) is 11.8 Å². The van der Waals surface area contributed by atoms with Crippen molar-refractivity contribution in [3.8, 4) is 0 Å². The zero-order chi connectivity index (χ0) is 23.8. The Morgan fingerprint density at radius 1 is 1.21 bits per heavy atom. The Kier molecular flexibility index (Phi) is 6.45. The standard InChI is InChI=1S/C25H34N4O4/c1-17(2)23(32)26-15-18-7-6-13-27(16-18)21(30)11-14-28-24(33)19-8-4-5-9-20(19)29-22(31)10-12-25(28,29)3/h4-5,8-9,17-18H,6-7,10-16H2,1-3H3,(H,26,32)/t18-,25+/m0/s1. The number of likely N-dealkylation sites (tertiary alicyclic amines) is 1. The molecule has 178 valence electrons. The van der Waals surface area contributed by atoms with Gasteiger partial charge in [-0.25, -0.2) is 0 Å². The number of para-hydroxylation sites is 1. The number of hydrogen-bond donors (Lipinski definition) is 1. The van der Waals surface area contributed by atoms with Crippen molar-refractivity contribution >= 4 is 29.3 Å². The summed E-state index contributed by atoms with van der Waals surface area (Å²) in [6.07, 6.45) is 3.05. The fraction of sp³-hybridized carbons (Fsp3) is 0.600. The Morgan fingerprint density at radius 2 is 1.97 bits per heavy atom. The van der Waals surface area contributed by atoms with Gasteiger partial charge in [0, 0.05) is 44.9 Å². The van der Waals surface area contributed by atoms with Gasteiger partial charge in [-0.1, -0.05) is 26.0 Å². The molecular formula is C25H34N4O4. The van der Waals surface area contributed by atoms with Gasteiger partial charge in [0.05, 0.1) is 11.3 Å². The van der Waals surface area contributed by atoms with Crippen LogP contribution in [-0.4, -0.2) is 65.3 Å². The Labute approximate surface area is 195 Å². The first kappa shape index (κ1) is 23.3. The van der Waals surface area contributed by atoms with Crippen LogP contribution >= 0.6 is 0 Å². The molecule has 4 rings (SSSR count). The van der Waals surface area contributed by atoms with E-state index in [0.717, 1.165) is 12.8 Å². The largest absolute Gasteiger partial charge is 0.356 e. The zero-order valence-electron chi connectivity index (χ0n) is 19.8. The topological polar surface area (TPSA) is 90.0 Å². The van der Waals surface area contributed by atoms with E-state index >= 15 is 0 Å². The second-order valence-electron chi connectivity index (χ2n) is 9.92. The predicted molar refractivity (Wildman–Crippen MR) is 124 cm³/mol. The zero-order valence-corrected chi connectivity index (χ0v) is 19.8. The highest BCUT2D eigenvalue weighted by molar-refractivity contribution is 6.10. The van der Waals surface area contributed by atoms with Crippen molar-refractivity contribution in [1.29, 1.82) is 0 Å². The highest BCUT2D eigenvalue weighted by atomic mass is 16.2. The molecule has 0 saturated carbocycles. The molecule has 8 nitrogen and oxygen atoms in total. The molecule has 3 heterocycles. The van der Waals surface area contributed by atoms with Gasteiger partial charge in [0.2, 0.25) is 17.7 Å². The summed E-state index contributed by atoms with van der Waals surface area (Å²) in [5.74, 6) is 0.124. The third kappa shape index (κ3) is 4.35. The minimum absolute atomic E-state index is 0.0103. The van der Waals surface area contributed by atoms with Gasteiger partial charge >= 0.3 is 0 Å². The summed E-state index contributed by atoms with van der Waals surface area (Å²) in [5.41, 5.74) is 0.433. The van der Waals surface area contributed by atoms with Gasteiger partial charge < -0.3 is 15.1 Å². The maximum atomic E-state index is 13.3. The highest BCUT2D eigenvalue weighted by Gasteiger charge is 2.52. The van der Waals surface area contributed by atoms with Crippen LogP contribution in [0.4, 0.5) is 5.69 Å². The summed E-state index contributed by atoms with van der Waals surface area (Å²) in [7, 11) is 0. The van der Waals surface area contributed by atoms with E-state index in [0.29, 0.717) is 43.7 Å². The van der Waals surface area contributed by atoms with Crippen LogP contribution < -0.4 is 10.2 Å². The van der Waals surface area contributed by atoms with Crippen molar-refractivity contribution in [3.63, 3.8) is 0 Å². The lowest BCUT2D eigenvalue weighted by molar-refractivity contribution is -0.133. The number of anilines is 1. The fourth-order valence-electron chi connectivity index (χ4n) is 5.31. The van der Waals surface area contributed by atoms with Gasteiger partial charge in [-0.3, -0.25) is 24.1 Å². The molecule has 0 unspecified atom stereocenters. The van der Waals surface area contributed by atoms with Crippen molar-refractivity contribution in [1.82, 2.24) is 15.1 Å². The minimum Gasteiger partial charge on any atom is -0.356 e. The summed E-state index contributed by atoms with van der Waals surface area (Å²) in [6, 6.07) is 7.21. The summed E-state index contributed by atoms with van der Waals surface area (Å²) >= 11 is 0. The second-order valence-corrected chi connectivity index (χ2v) is 9.92. The SMILES string of the molecule is CC(C)C(=O)NC[C@@H]1CCCN(C(=O)CCN2C(=O)c3ccccc3N3C(=O)CC[C@]23C)C1. The van der Waals surface area contributed by atoms with E-state index in [1.165, 1.54) is 0 Å². The minimum atomic E-state index is -0.742. The number of rotatable bonds is 6. The van der Waals surface area contributed by atoms with E-state index < -0.39 is 5.66 Å². The number of nitrogens with zero attached hydrogens (tertiary/aromatic N) is 3. The molecule has 0 radical (unpaired) electrons. The van der Waals surface area contributed by atoms with Crippen LogP contribution in [0.25, 0.3) is 0 Å². The molecule has 4 amide bonds. The number of benzene rings is 1. The van der Waals surface area contributed by atoms with E-state index in [-0.39, 0.29) is 48.4 Å². The smallest absolute Gasteiger partial charge is 0.257 e. The fourth-order valence-corrected chi connectivity index (χ4v) is 5.31. The number of carbonyl (C=O) groups excluding carboxylic acids is 4. The lowest BCUT2D eigenvalue weighted by Crippen LogP contribution is -2.62. The molecule has 3 aliphatic heterocycles. The molecule has 1 N–H and O–H groups in total. The van der Waals surface area contributed by atoms with Crippen molar-refractivity contribution in [2.75, 3.05) is 31.1 Å². The van der Waals surface area contributed by atoms with Gasteiger partial charge in [-0.15, -0.1) is 0 Å². The van der Waals surface area contributed by atoms with Gasteiger partial charge in [0.1, 0.15) is 5.66 Å². The van der Waals surface area contributed by atoms with Crippen molar-refractivity contribution in [2.24, 2.45) is 11.8 Å². The molecule has 2 saturated heterocycles. The maximum absolute atomic E-state index is 13.3. The molecule has 0 aliphatic carbocycles. The molecule has 2 atom stereocenters. The summed E-state index contributed by atoms with van der Waals surface area (Å²) in [4.78, 5) is 56.3. The molecule has 0 bridgehead atoms. The molecule has 1 aromatic carbocycles. The summed E-state index contributed by atoms with van der Waals surface area (Å²) in [6.45, 7) is 7.83. The highest BCUT2D eigenvalue weighted by Crippen LogP contribution is 2.44. The first-order valence-corrected chi connectivity index (χ1v) is 12.0. The monoisotopic (exact) mass is 454 g/mol. The summed E-state index contributed by atoms with van der Waals surface area (Å²) < 4.78 is 0. The second kappa shape index (κ2) is 9.15. The van der Waals surface area contributed by atoms with Crippen molar-refractivity contribution < 1.29 is 19.2 Å². The van der Waals surface area contributed by atoms with Gasteiger partial charge in [-0.2, -0.15) is 0 Å². The molecule has 8 heteroatoms. The Morgan fingerprint density at radius 3 is 2.73 bits per heavy atom. The molecule has 33 heavy (non-hydrogen) atoms. The van der Waals surface area contributed by atoms with E-state index in [1.807, 2.05) is 37.8 Å². The molecule has 3 aliphatic rings. The van der Waals surface area contributed by atoms with Crippen LogP contribution in [0.15, 0.2) is 24.3 Å². The van der Waals surface area contributed by atoms with E-state index in [9.17, 15) is 19.2 Å². The first-order valence-electron chi connectivity index (χ1n) is 12.0. The van der Waals surface area contributed by atoms with E-state index in [4.69, 9.17) is 0 Å². The third-order valence-electron chi connectivity index (χ3n) is 7.26. The number of hydrogen-bond acceptors (Lipinski definition) is 4. The number of amides is 4. The lowest BCUT2D eigenvalue weighted by atomic mass is 9.96. The average Bonchev–Trinajstić information content (AvgIpc) is 3.12. The predicted octanol–water partition coefficient (Wildman–Crippen LogP) is 2.39. The summed E-state index contributed by atoms with van der Waals surface area (Å²) in [5, 5.41) is 2.98. The normalized spacial score (nSPS) is 24.7. The number of nitrogens with one attached hydrogen (secondary N) is 1. The number of fused-ring (bicyclic) bond motifs is 3. The first-order chi connectivity index (χ1) is 15.7. The van der Waals surface area contributed by atoms with Crippen molar-refractivity contribution in [2.45, 2.75) is 58.5 Å². The number of carbonyl (C=O) groups is 4. The van der Waals surface area contributed by atoms with Crippen LogP contribution in [-0.2, 0) is 14.4 Å². The van der Waals surface area contributed by atoms with Gasteiger partial charge in [-0.05, 0) is 44.2 Å². The van der Waals surface area contributed by atoms with Gasteiger partial charge in [0.15, 0.2) is 0 Å². The molecule has 0 aromatic heterocycles. The molecular weight excluding hydrogens is 420 g/mol. The van der Waals surface area contributed by atoms with Crippen LogP contribution in [0.5, 0.6) is 0 Å².